The Morgan fingerprint density at radius 3 is 2.41 bits per heavy atom. The maximum Gasteiger partial charge on any atom is 0.244 e. The fourth-order valence-corrected chi connectivity index (χ4v) is 8.22. The van der Waals surface area contributed by atoms with E-state index in [2.05, 4.69) is 26.0 Å². The third kappa shape index (κ3) is 2.18. The molecule has 146 valence electrons. The normalized spacial score (nSPS) is 38.3. The highest BCUT2D eigenvalue weighted by atomic mass is 79.9. The molecule has 0 radical (unpaired) electrons. The lowest BCUT2D eigenvalue weighted by atomic mass is 9.17. The van der Waals surface area contributed by atoms with Crippen molar-refractivity contribution >= 4 is 31.9 Å². The standard InChI is InChI=1S/C19H22BrFN2O3S/c1-18(2,23-27(25,26)15-4-3-11(20)8-14(15)21)17(24)22-16-12-6-9-5-10-7-13(16)19(9,10)12/h3-4,8-10,12-13,16,23H,5-7H2,1-2H3,(H,22,24). The molecule has 0 bridgehead atoms. The molecule has 4 saturated carbocycles. The number of hydrogen-bond acceptors (Lipinski definition) is 3. The minimum absolute atomic E-state index is 0.165. The molecule has 4 aliphatic carbocycles. The highest BCUT2D eigenvalue weighted by Crippen LogP contribution is 2.87. The van der Waals surface area contributed by atoms with Crippen LogP contribution in [0, 0.1) is 34.9 Å². The van der Waals surface area contributed by atoms with Gasteiger partial charge < -0.3 is 5.32 Å². The van der Waals surface area contributed by atoms with E-state index < -0.39 is 26.3 Å². The van der Waals surface area contributed by atoms with Crippen LogP contribution in [0.1, 0.15) is 33.1 Å². The highest BCUT2D eigenvalue weighted by molar-refractivity contribution is 9.10. The predicted octanol–water partition coefficient (Wildman–Crippen LogP) is 2.81. The molecule has 0 aliphatic heterocycles. The van der Waals surface area contributed by atoms with Crippen LogP contribution in [0.3, 0.4) is 0 Å². The van der Waals surface area contributed by atoms with E-state index in [9.17, 15) is 17.6 Å². The van der Waals surface area contributed by atoms with E-state index in [1.807, 2.05) is 0 Å². The second-order valence-electron chi connectivity index (χ2n) is 9.12. The lowest BCUT2D eigenvalue weighted by Crippen LogP contribution is -2.88. The van der Waals surface area contributed by atoms with Gasteiger partial charge in [0.05, 0.1) is 0 Å². The molecule has 2 N–H and O–H groups in total. The van der Waals surface area contributed by atoms with Crippen molar-refractivity contribution in [2.45, 2.75) is 49.6 Å². The Bertz CT molecular complexity index is 942. The lowest BCUT2D eigenvalue weighted by Gasteiger charge is -2.88. The zero-order valence-electron chi connectivity index (χ0n) is 15.1. The number of nitrogens with one attached hydrogen (secondary N) is 2. The maximum absolute atomic E-state index is 14.1. The Morgan fingerprint density at radius 2 is 1.85 bits per heavy atom. The van der Waals surface area contributed by atoms with Gasteiger partial charge in [-0.25, -0.2) is 12.8 Å². The molecule has 0 heterocycles. The van der Waals surface area contributed by atoms with Crippen molar-refractivity contribution in [1.29, 1.82) is 0 Å². The smallest absolute Gasteiger partial charge is 0.244 e. The Kier molecular flexibility index (Phi) is 3.57. The van der Waals surface area contributed by atoms with E-state index in [1.54, 1.807) is 0 Å². The summed E-state index contributed by atoms with van der Waals surface area (Å²) in [7, 11) is -4.17. The molecule has 4 fully saturated rings. The van der Waals surface area contributed by atoms with Crippen LogP contribution in [0.5, 0.6) is 0 Å². The largest absolute Gasteiger partial charge is 0.351 e. The fourth-order valence-electron chi connectivity index (χ4n) is 6.45. The van der Waals surface area contributed by atoms with Gasteiger partial charge in [0.15, 0.2) is 0 Å². The quantitative estimate of drug-likeness (QED) is 0.714. The third-order valence-electron chi connectivity index (χ3n) is 7.65. The van der Waals surface area contributed by atoms with Crippen molar-refractivity contribution in [2.24, 2.45) is 29.1 Å². The van der Waals surface area contributed by atoms with Gasteiger partial charge in [0.1, 0.15) is 16.3 Å². The summed E-state index contributed by atoms with van der Waals surface area (Å²) in [6.07, 6.45) is 3.74. The molecule has 27 heavy (non-hydrogen) atoms. The number of rotatable bonds is 5. The highest BCUT2D eigenvalue weighted by Gasteiger charge is 2.84. The number of amides is 1. The van der Waals surface area contributed by atoms with Crippen LogP contribution >= 0.6 is 15.9 Å². The molecule has 8 heteroatoms. The summed E-state index contributed by atoms with van der Waals surface area (Å²) in [6, 6.07) is 3.90. The summed E-state index contributed by atoms with van der Waals surface area (Å²) >= 11 is 3.11. The molecule has 0 aromatic heterocycles. The molecule has 1 aromatic carbocycles. The van der Waals surface area contributed by atoms with Crippen molar-refractivity contribution in [2.75, 3.05) is 0 Å². The molecule has 0 saturated heterocycles. The maximum atomic E-state index is 14.1. The number of carbonyl (C=O) groups is 1. The van der Waals surface area contributed by atoms with E-state index in [1.165, 1.54) is 45.2 Å². The van der Waals surface area contributed by atoms with Gasteiger partial charge in [-0.2, -0.15) is 4.72 Å². The Morgan fingerprint density at radius 1 is 1.22 bits per heavy atom. The monoisotopic (exact) mass is 456 g/mol. The summed E-state index contributed by atoms with van der Waals surface area (Å²) in [6.45, 7) is 3.03. The summed E-state index contributed by atoms with van der Waals surface area (Å²) in [5.41, 5.74) is -0.838. The number of carbonyl (C=O) groups excluding carboxylic acids is 1. The van der Waals surface area contributed by atoms with Crippen LogP contribution in [0.25, 0.3) is 0 Å². The zero-order chi connectivity index (χ0) is 19.4. The van der Waals surface area contributed by atoms with Gasteiger partial charge in [0.2, 0.25) is 15.9 Å². The Balaban J connectivity index is 1.29. The first-order valence-corrected chi connectivity index (χ1v) is 11.6. The average Bonchev–Trinajstić information content (AvgIpc) is 2.46. The fraction of sp³-hybridized carbons (Fsp3) is 0.632. The van der Waals surface area contributed by atoms with Crippen LogP contribution in [-0.2, 0) is 14.8 Å². The van der Waals surface area contributed by atoms with E-state index in [-0.39, 0.29) is 11.9 Å². The third-order valence-corrected chi connectivity index (χ3v) is 9.83. The first kappa shape index (κ1) is 18.1. The topological polar surface area (TPSA) is 75.3 Å². The van der Waals surface area contributed by atoms with Crippen molar-refractivity contribution in [3.63, 3.8) is 0 Å². The predicted molar refractivity (Wildman–Crippen MR) is 101 cm³/mol. The number of hydrogen-bond donors (Lipinski definition) is 2. The van der Waals surface area contributed by atoms with E-state index in [4.69, 9.17) is 0 Å². The molecular formula is C19H22BrFN2O3S. The summed E-state index contributed by atoms with van der Waals surface area (Å²) in [5.74, 6) is 1.66. The Hall–Kier alpha value is -0.990. The second-order valence-corrected chi connectivity index (χ2v) is 11.7. The number of benzene rings is 1. The second kappa shape index (κ2) is 5.33. The molecule has 4 aliphatic rings. The zero-order valence-corrected chi connectivity index (χ0v) is 17.5. The van der Waals surface area contributed by atoms with Crippen molar-refractivity contribution in [3.05, 3.63) is 28.5 Å². The minimum Gasteiger partial charge on any atom is -0.351 e. The summed E-state index contributed by atoms with van der Waals surface area (Å²) in [4.78, 5) is 12.4. The van der Waals surface area contributed by atoms with Gasteiger partial charge in [-0.05, 0) is 80.4 Å². The van der Waals surface area contributed by atoms with Gasteiger partial charge in [0.25, 0.3) is 0 Å². The van der Waals surface area contributed by atoms with Crippen molar-refractivity contribution in [1.82, 2.24) is 10.0 Å². The first-order chi connectivity index (χ1) is 12.6. The lowest BCUT2D eigenvalue weighted by molar-refractivity contribution is -0.390. The molecule has 5 rings (SSSR count). The molecule has 1 amide bonds. The minimum atomic E-state index is -4.17. The summed E-state index contributed by atoms with van der Waals surface area (Å²) in [5, 5.41) is 3.09. The number of halogens is 2. The SMILES string of the molecule is CC(C)(NS(=O)(=O)c1ccc(Br)cc1F)C(=O)NC1C2CC3CC4CC1C342. The van der Waals surface area contributed by atoms with Crippen molar-refractivity contribution in [3.8, 4) is 0 Å². The van der Waals surface area contributed by atoms with Gasteiger partial charge in [0, 0.05) is 10.5 Å². The average molecular weight is 457 g/mol. The van der Waals surface area contributed by atoms with Gasteiger partial charge >= 0.3 is 0 Å². The van der Waals surface area contributed by atoms with Crippen molar-refractivity contribution < 1.29 is 17.6 Å². The molecule has 1 spiro atoms. The van der Waals surface area contributed by atoms with E-state index in [0.29, 0.717) is 21.7 Å². The molecular weight excluding hydrogens is 435 g/mol. The summed E-state index contributed by atoms with van der Waals surface area (Å²) < 4.78 is 42.1. The Labute approximate surface area is 166 Å². The molecule has 5 nitrogen and oxygen atoms in total. The molecule has 4 unspecified atom stereocenters. The van der Waals surface area contributed by atoms with E-state index in [0.717, 1.165) is 17.9 Å². The number of sulfonamides is 1. The first-order valence-electron chi connectivity index (χ1n) is 9.37. The van der Waals surface area contributed by atoms with E-state index >= 15 is 0 Å². The van der Waals surface area contributed by atoms with Crippen LogP contribution < -0.4 is 10.0 Å². The van der Waals surface area contributed by atoms with Gasteiger partial charge in [-0.1, -0.05) is 15.9 Å². The van der Waals surface area contributed by atoms with Gasteiger partial charge in [-0.15, -0.1) is 0 Å². The molecule has 4 atom stereocenters. The molecule has 1 aromatic rings. The van der Waals surface area contributed by atoms with Crippen LogP contribution in [0.2, 0.25) is 0 Å². The van der Waals surface area contributed by atoms with Crippen LogP contribution in [0.15, 0.2) is 27.6 Å². The van der Waals surface area contributed by atoms with Crippen LogP contribution in [0.4, 0.5) is 4.39 Å². The van der Waals surface area contributed by atoms with Crippen LogP contribution in [-0.4, -0.2) is 25.9 Å². The van der Waals surface area contributed by atoms with Gasteiger partial charge in [-0.3, -0.25) is 4.79 Å².